The topological polar surface area (TPSA) is 179 Å². The number of carboxylic acid groups (broad SMARTS) is 1. The molecule has 0 spiro atoms. The fraction of sp³-hybridized carbons (Fsp3) is 0.500. The number of carboxylic acids is 1. The molecule has 1 atom stereocenters. The van der Waals surface area contributed by atoms with Crippen LogP contribution in [0.4, 0.5) is 10.5 Å². The maximum Gasteiger partial charge on any atom is 0.407 e. The molecule has 1 fully saturated rings. The summed E-state index contributed by atoms with van der Waals surface area (Å²) in [5, 5.41) is 15.3. The van der Waals surface area contributed by atoms with Crippen LogP contribution in [0.5, 0.6) is 5.75 Å². The van der Waals surface area contributed by atoms with Gasteiger partial charge in [-0.15, -0.1) is 0 Å². The third-order valence-corrected chi connectivity index (χ3v) is 7.08. The molecule has 14 heteroatoms. The molecule has 0 radical (unpaired) electrons. The first kappa shape index (κ1) is 38.0. The average Bonchev–Trinajstić information content (AvgIpc) is 3.39. The molecular weight excluding hydrogens is 614 g/mol. The summed E-state index contributed by atoms with van der Waals surface area (Å²) < 4.78 is 26.0. The Morgan fingerprint density at radius 1 is 1.04 bits per heavy atom. The molecule has 2 aromatic rings. The molecule has 13 nitrogen and oxygen atoms in total. The Hall–Kier alpha value is -4.17. The summed E-state index contributed by atoms with van der Waals surface area (Å²) in [4.78, 5) is 50.7. The molecule has 0 saturated heterocycles. The van der Waals surface area contributed by atoms with Gasteiger partial charge in [0, 0.05) is 56.3 Å². The lowest BCUT2D eigenvalue weighted by molar-refractivity contribution is 0.0527. The molecule has 1 aromatic heterocycles. The summed E-state index contributed by atoms with van der Waals surface area (Å²) >= 11 is 0. The van der Waals surface area contributed by atoms with Crippen molar-refractivity contribution in [3.63, 3.8) is 0 Å². The lowest BCUT2D eigenvalue weighted by atomic mass is 9.94. The smallest absolute Gasteiger partial charge is 0.407 e. The van der Waals surface area contributed by atoms with Gasteiger partial charge in [0.15, 0.2) is 12.6 Å². The van der Waals surface area contributed by atoms with Crippen LogP contribution in [0.25, 0.3) is 5.57 Å². The number of alkyl carbamates (subject to hydrolysis) is 1. The Morgan fingerprint density at radius 2 is 1.72 bits per heavy atom. The number of likely N-dealkylation sites (N-methyl/N-ethyl adjacent to an activating group) is 1. The van der Waals surface area contributed by atoms with Crippen molar-refractivity contribution in [3.8, 4) is 5.75 Å². The van der Waals surface area contributed by atoms with E-state index in [4.69, 9.17) is 9.47 Å². The van der Waals surface area contributed by atoms with Crippen LogP contribution in [-0.4, -0.2) is 96.0 Å². The van der Waals surface area contributed by atoms with Crippen molar-refractivity contribution in [2.75, 3.05) is 45.2 Å². The zero-order chi connectivity index (χ0) is 34.4. The number of carbonyl (C=O) groups is 4. The first-order chi connectivity index (χ1) is 21.7. The molecule has 254 valence electrons. The summed E-state index contributed by atoms with van der Waals surface area (Å²) in [7, 11) is 3.92. The monoisotopic (exact) mass is 661 g/mol. The summed E-state index contributed by atoms with van der Waals surface area (Å²) in [6.45, 7) is 6.85. The lowest BCUT2D eigenvalue weighted by Gasteiger charge is -2.26. The van der Waals surface area contributed by atoms with Gasteiger partial charge in [-0.3, -0.25) is 9.59 Å². The Balaban J connectivity index is 0.000000521. The van der Waals surface area contributed by atoms with Gasteiger partial charge in [-0.05, 0) is 71.7 Å². The number of benzene rings is 1. The Bertz CT molecular complexity index is 1410. The van der Waals surface area contributed by atoms with Crippen LogP contribution >= 0.6 is 0 Å². The van der Waals surface area contributed by atoms with Crippen molar-refractivity contribution < 1.29 is 38.0 Å². The standard InChI is InChI=1S/C24H29N3O6S.C8H18N2O2/c1-27(2)12-20(17-9-15(13-28)25-22(17)14-29)18-10-21(26-34(3)32)19(24(30)31)11-23(18)33-16-7-5-4-6-8-16;1-8(2,3)12-7(11)10-6-5-9-4/h9-14,16,25-26H,4-8H2,1-3H3,(H,30,31);9H,5-6H2,1-4H3,(H,10,11)/b20-12+;. The number of carbonyl (C=O) groups excluding carboxylic acids is 3. The van der Waals surface area contributed by atoms with E-state index in [1.165, 1.54) is 12.3 Å². The third-order valence-electron chi connectivity index (χ3n) is 6.57. The molecule has 1 saturated carbocycles. The van der Waals surface area contributed by atoms with Gasteiger partial charge in [0.05, 0.1) is 28.7 Å². The number of anilines is 1. The van der Waals surface area contributed by atoms with Crippen molar-refractivity contribution in [2.24, 2.45) is 0 Å². The van der Waals surface area contributed by atoms with E-state index in [1.54, 1.807) is 37.3 Å². The van der Waals surface area contributed by atoms with Crippen LogP contribution in [-0.2, 0) is 15.7 Å². The van der Waals surface area contributed by atoms with E-state index in [1.807, 2.05) is 27.8 Å². The van der Waals surface area contributed by atoms with Crippen molar-refractivity contribution in [1.29, 1.82) is 0 Å². The molecule has 46 heavy (non-hydrogen) atoms. The number of rotatable bonds is 13. The number of aromatic amines is 1. The summed E-state index contributed by atoms with van der Waals surface area (Å²) in [5.41, 5.74) is 1.62. The molecule has 0 bridgehead atoms. The molecular formula is C32H47N5O8S. The minimum Gasteiger partial charge on any atom is -0.490 e. The second-order valence-electron chi connectivity index (χ2n) is 12.0. The summed E-state index contributed by atoms with van der Waals surface area (Å²) in [5.74, 6) is -0.847. The van der Waals surface area contributed by atoms with Crippen LogP contribution in [0.1, 0.15) is 95.3 Å². The highest BCUT2D eigenvalue weighted by atomic mass is 32.2. The zero-order valence-corrected chi connectivity index (χ0v) is 28.5. The molecule has 1 amide bonds. The number of nitrogens with one attached hydrogen (secondary N) is 4. The second kappa shape index (κ2) is 18.1. The molecule has 5 N–H and O–H groups in total. The lowest BCUT2D eigenvalue weighted by Crippen LogP contribution is -2.35. The van der Waals surface area contributed by atoms with Crippen molar-refractivity contribution in [1.82, 2.24) is 20.5 Å². The van der Waals surface area contributed by atoms with E-state index in [2.05, 4.69) is 20.3 Å². The van der Waals surface area contributed by atoms with E-state index in [0.717, 1.165) is 38.6 Å². The number of hydrogen-bond donors (Lipinski definition) is 5. The first-order valence-electron chi connectivity index (χ1n) is 15.0. The first-order valence-corrected chi connectivity index (χ1v) is 16.6. The van der Waals surface area contributed by atoms with Gasteiger partial charge in [-0.2, -0.15) is 0 Å². The van der Waals surface area contributed by atoms with E-state index >= 15 is 0 Å². The van der Waals surface area contributed by atoms with Crippen molar-refractivity contribution >= 4 is 46.9 Å². The number of nitrogens with zero attached hydrogens (tertiary/aromatic N) is 1. The molecule has 0 aliphatic heterocycles. The number of aromatic carboxylic acids is 1. The maximum atomic E-state index is 12.0. The van der Waals surface area contributed by atoms with Crippen LogP contribution in [0, 0.1) is 0 Å². The van der Waals surface area contributed by atoms with Gasteiger partial charge >= 0.3 is 12.1 Å². The summed E-state index contributed by atoms with van der Waals surface area (Å²) in [6, 6.07) is 4.56. The number of amides is 1. The largest absolute Gasteiger partial charge is 0.490 e. The number of ether oxygens (including phenoxy) is 2. The normalized spacial score (nSPS) is 14.3. The molecule has 1 aromatic carbocycles. The second-order valence-corrected chi connectivity index (χ2v) is 13.1. The minimum atomic E-state index is -1.53. The number of H-pyrrole nitrogens is 1. The molecule has 1 heterocycles. The minimum absolute atomic E-state index is 0.0730. The van der Waals surface area contributed by atoms with E-state index in [9.17, 15) is 28.5 Å². The highest BCUT2D eigenvalue weighted by Crippen LogP contribution is 2.39. The van der Waals surface area contributed by atoms with E-state index in [0.29, 0.717) is 41.6 Å². The van der Waals surface area contributed by atoms with Gasteiger partial charge in [0.2, 0.25) is 0 Å². The zero-order valence-electron chi connectivity index (χ0n) is 27.7. The van der Waals surface area contributed by atoms with Gasteiger partial charge in [0.1, 0.15) is 22.3 Å². The van der Waals surface area contributed by atoms with Gasteiger partial charge in [0.25, 0.3) is 0 Å². The number of aromatic nitrogens is 1. The van der Waals surface area contributed by atoms with Gasteiger partial charge < -0.3 is 39.8 Å². The van der Waals surface area contributed by atoms with E-state index < -0.39 is 22.6 Å². The highest BCUT2D eigenvalue weighted by molar-refractivity contribution is 7.85. The molecule has 1 unspecified atom stereocenters. The quantitative estimate of drug-likeness (QED) is 0.152. The highest BCUT2D eigenvalue weighted by Gasteiger charge is 2.25. The maximum absolute atomic E-state index is 12.0. The Labute approximate surface area is 273 Å². The van der Waals surface area contributed by atoms with Crippen LogP contribution < -0.4 is 20.1 Å². The van der Waals surface area contributed by atoms with Gasteiger partial charge in [-0.1, -0.05) is 6.42 Å². The molecule has 3 rings (SSSR count). The van der Waals surface area contributed by atoms with Crippen molar-refractivity contribution in [2.45, 2.75) is 64.6 Å². The Morgan fingerprint density at radius 3 is 2.24 bits per heavy atom. The fourth-order valence-electron chi connectivity index (χ4n) is 4.68. The van der Waals surface area contributed by atoms with E-state index in [-0.39, 0.29) is 34.8 Å². The summed E-state index contributed by atoms with van der Waals surface area (Å²) in [6.07, 6.45) is 8.86. The SMILES string of the molecule is CN(C)/C=C(/c1cc(NS(C)=O)c(C(=O)O)cc1OC1CCCCC1)c1cc(C=O)[nH]c1C=O.CNCCNC(=O)OC(C)(C)C. The predicted molar refractivity (Wildman–Crippen MR) is 179 cm³/mol. The van der Waals surface area contributed by atoms with Crippen LogP contribution in [0.2, 0.25) is 0 Å². The third kappa shape index (κ3) is 12.3. The molecule has 1 aliphatic carbocycles. The van der Waals surface area contributed by atoms with Gasteiger partial charge in [-0.25, -0.2) is 13.8 Å². The van der Waals surface area contributed by atoms with Crippen LogP contribution in [0.3, 0.4) is 0 Å². The Kier molecular flexibility index (Phi) is 15.0. The average molecular weight is 662 g/mol. The fourth-order valence-corrected chi connectivity index (χ4v) is 5.16. The number of hydrogen-bond acceptors (Lipinski definition) is 9. The van der Waals surface area contributed by atoms with Crippen LogP contribution in [0.15, 0.2) is 24.4 Å². The number of aldehydes is 2. The molecule has 1 aliphatic rings. The van der Waals surface area contributed by atoms with Crippen molar-refractivity contribution in [3.05, 3.63) is 52.5 Å². The predicted octanol–water partition coefficient (Wildman–Crippen LogP) is 4.44.